The zero-order valence-corrected chi connectivity index (χ0v) is 17.3. The fraction of sp³-hybridized carbons (Fsp3) is 0.217. The van der Waals surface area contributed by atoms with Crippen molar-refractivity contribution < 1.29 is 0 Å². The van der Waals surface area contributed by atoms with Crippen molar-refractivity contribution >= 4 is 39.8 Å². The van der Waals surface area contributed by atoms with Crippen LogP contribution in [0.3, 0.4) is 0 Å². The minimum Gasteiger partial charge on any atom is -0.365 e. The highest BCUT2D eigenvalue weighted by molar-refractivity contribution is 6.31. The van der Waals surface area contributed by atoms with Crippen LogP contribution >= 0.6 is 23.2 Å². The van der Waals surface area contributed by atoms with Gasteiger partial charge < -0.3 is 14.9 Å². The molecule has 4 aromatic rings. The maximum atomic E-state index is 6.43. The molecule has 28 heavy (non-hydrogen) atoms. The van der Waals surface area contributed by atoms with Gasteiger partial charge in [0.25, 0.3) is 0 Å². The first-order valence-electron chi connectivity index (χ1n) is 9.44. The Morgan fingerprint density at radius 1 is 1.00 bits per heavy atom. The number of fused-ring (bicyclic) bond motifs is 10. The van der Waals surface area contributed by atoms with Crippen LogP contribution in [-0.2, 0) is 5.41 Å². The molecule has 0 unspecified atom stereocenters. The van der Waals surface area contributed by atoms with Crippen molar-refractivity contribution in [2.75, 3.05) is 11.9 Å². The summed E-state index contributed by atoms with van der Waals surface area (Å²) in [7, 11) is 2.18. The average molecular weight is 408 g/mol. The lowest BCUT2D eigenvalue weighted by molar-refractivity contribution is 0.464. The van der Waals surface area contributed by atoms with Gasteiger partial charge in [-0.1, -0.05) is 23.2 Å². The zero-order chi connectivity index (χ0) is 19.4. The SMILES string of the molecule is Cc1[nH]cc2c1-c1c([nH]c3ccc(Cl)cc13)[C@H]1N(C)c3ccc(Cl)cc3[C@@]21C. The molecule has 3 heterocycles. The van der Waals surface area contributed by atoms with Crippen LogP contribution in [0.2, 0.25) is 10.0 Å². The Morgan fingerprint density at radius 2 is 1.75 bits per heavy atom. The Labute approximate surface area is 173 Å². The van der Waals surface area contributed by atoms with E-state index in [0.717, 1.165) is 15.6 Å². The van der Waals surface area contributed by atoms with Crippen LogP contribution < -0.4 is 4.90 Å². The molecule has 6 rings (SSSR count). The van der Waals surface area contributed by atoms with Gasteiger partial charge in [0.2, 0.25) is 0 Å². The summed E-state index contributed by atoms with van der Waals surface area (Å²) >= 11 is 12.8. The summed E-state index contributed by atoms with van der Waals surface area (Å²) in [5.41, 5.74) is 9.69. The number of anilines is 1. The minimum absolute atomic E-state index is 0.157. The number of H-pyrrole nitrogens is 2. The summed E-state index contributed by atoms with van der Waals surface area (Å²) in [5.74, 6) is 0. The van der Waals surface area contributed by atoms with Gasteiger partial charge >= 0.3 is 0 Å². The van der Waals surface area contributed by atoms with Crippen molar-refractivity contribution in [1.29, 1.82) is 0 Å². The quantitative estimate of drug-likeness (QED) is 0.338. The second kappa shape index (κ2) is 5.16. The first-order valence-corrected chi connectivity index (χ1v) is 10.2. The topological polar surface area (TPSA) is 34.8 Å². The first kappa shape index (κ1) is 16.6. The summed E-state index contributed by atoms with van der Waals surface area (Å²) < 4.78 is 0. The van der Waals surface area contributed by atoms with E-state index in [-0.39, 0.29) is 11.5 Å². The molecule has 1 aliphatic heterocycles. The highest BCUT2D eigenvalue weighted by Gasteiger charge is 2.54. The van der Waals surface area contributed by atoms with E-state index in [9.17, 15) is 0 Å². The number of aromatic nitrogens is 2. The van der Waals surface area contributed by atoms with Gasteiger partial charge in [0, 0.05) is 67.8 Å². The largest absolute Gasteiger partial charge is 0.365 e. The number of rotatable bonds is 0. The summed E-state index contributed by atoms with van der Waals surface area (Å²) in [6.45, 7) is 4.48. The fourth-order valence-electron chi connectivity index (χ4n) is 5.60. The number of nitrogens with one attached hydrogen (secondary N) is 2. The molecule has 0 saturated carbocycles. The van der Waals surface area contributed by atoms with Crippen molar-refractivity contribution in [3.8, 4) is 11.1 Å². The number of aryl methyl sites for hydroxylation is 1. The van der Waals surface area contributed by atoms with Crippen LogP contribution in [0.1, 0.15) is 35.5 Å². The van der Waals surface area contributed by atoms with Gasteiger partial charge in [0.1, 0.15) is 0 Å². The molecule has 140 valence electrons. The Hall–Kier alpha value is -2.36. The van der Waals surface area contributed by atoms with Crippen molar-refractivity contribution in [2.24, 2.45) is 0 Å². The van der Waals surface area contributed by atoms with Gasteiger partial charge in [0.15, 0.2) is 0 Å². The molecule has 0 radical (unpaired) electrons. The number of aromatic amines is 2. The zero-order valence-electron chi connectivity index (χ0n) is 15.8. The molecular weight excluding hydrogens is 389 g/mol. The van der Waals surface area contributed by atoms with E-state index in [1.807, 2.05) is 12.1 Å². The number of benzene rings is 2. The Bertz CT molecular complexity index is 1300. The lowest BCUT2D eigenvalue weighted by Crippen LogP contribution is -2.37. The van der Waals surface area contributed by atoms with Crippen molar-refractivity contribution in [1.82, 2.24) is 9.97 Å². The fourth-order valence-corrected chi connectivity index (χ4v) is 5.94. The first-order chi connectivity index (χ1) is 13.4. The van der Waals surface area contributed by atoms with E-state index in [0.29, 0.717) is 0 Å². The summed E-state index contributed by atoms with van der Waals surface area (Å²) in [5, 5.41) is 2.71. The van der Waals surface area contributed by atoms with Crippen LogP contribution in [-0.4, -0.2) is 17.0 Å². The molecule has 0 spiro atoms. The highest BCUT2D eigenvalue weighted by atomic mass is 35.5. The van der Waals surface area contributed by atoms with Crippen LogP contribution in [0.15, 0.2) is 42.6 Å². The van der Waals surface area contributed by atoms with Crippen molar-refractivity contribution in [3.63, 3.8) is 0 Å². The number of likely N-dealkylation sites (N-methyl/N-ethyl adjacent to an activating group) is 1. The van der Waals surface area contributed by atoms with E-state index in [1.54, 1.807) is 0 Å². The number of hydrogen-bond acceptors (Lipinski definition) is 1. The molecule has 2 aliphatic rings. The molecule has 3 nitrogen and oxygen atoms in total. The third kappa shape index (κ3) is 1.77. The Kier molecular flexibility index (Phi) is 3.06. The van der Waals surface area contributed by atoms with Gasteiger partial charge in [-0.05, 0) is 61.4 Å². The average Bonchev–Trinajstić information content (AvgIpc) is 3.27. The van der Waals surface area contributed by atoms with Gasteiger partial charge in [-0.15, -0.1) is 0 Å². The van der Waals surface area contributed by atoms with Crippen LogP contribution in [0.5, 0.6) is 0 Å². The standard InChI is InChI=1S/C23H19Cl2N3/c1-11-19-16(10-26-11)23(2)15-9-13(25)5-7-18(15)28(3)22(23)21-20(19)14-8-12(24)4-6-17(14)27-21/h4-10,22,26-27H,1-3H3/t22-,23+/m1/s1. The highest BCUT2D eigenvalue weighted by Crippen LogP contribution is 2.62. The molecule has 0 saturated heterocycles. The third-order valence-electron chi connectivity index (χ3n) is 6.78. The monoisotopic (exact) mass is 407 g/mol. The third-order valence-corrected chi connectivity index (χ3v) is 7.25. The second-order valence-corrected chi connectivity index (χ2v) is 9.06. The smallest absolute Gasteiger partial charge is 0.0831 e. The Balaban J connectivity index is 1.79. The lowest BCUT2D eigenvalue weighted by Gasteiger charge is -2.39. The summed E-state index contributed by atoms with van der Waals surface area (Å²) in [4.78, 5) is 9.60. The number of nitrogens with zero attached hydrogens (tertiary/aromatic N) is 1. The summed E-state index contributed by atoms with van der Waals surface area (Å²) in [6, 6.07) is 12.5. The van der Waals surface area contributed by atoms with Crippen LogP contribution in [0.25, 0.3) is 22.0 Å². The van der Waals surface area contributed by atoms with E-state index >= 15 is 0 Å². The summed E-state index contributed by atoms with van der Waals surface area (Å²) in [6.07, 6.45) is 2.17. The molecule has 1 aliphatic carbocycles. The van der Waals surface area contributed by atoms with E-state index in [2.05, 4.69) is 66.2 Å². The minimum atomic E-state index is -0.202. The van der Waals surface area contributed by atoms with Gasteiger partial charge in [-0.2, -0.15) is 0 Å². The Morgan fingerprint density at radius 3 is 2.57 bits per heavy atom. The molecule has 2 N–H and O–H groups in total. The maximum Gasteiger partial charge on any atom is 0.0831 e. The second-order valence-electron chi connectivity index (χ2n) is 8.18. The molecule has 0 fully saturated rings. The number of halogens is 2. The maximum absolute atomic E-state index is 6.43. The molecular formula is C23H19Cl2N3. The lowest BCUT2D eigenvalue weighted by atomic mass is 9.66. The van der Waals surface area contributed by atoms with Crippen LogP contribution in [0, 0.1) is 6.92 Å². The van der Waals surface area contributed by atoms with Gasteiger partial charge in [-0.25, -0.2) is 0 Å². The van der Waals surface area contributed by atoms with Gasteiger partial charge in [0.05, 0.1) is 6.04 Å². The van der Waals surface area contributed by atoms with E-state index in [4.69, 9.17) is 23.2 Å². The molecule has 2 atom stereocenters. The predicted molar refractivity (Wildman–Crippen MR) is 117 cm³/mol. The van der Waals surface area contributed by atoms with E-state index < -0.39 is 0 Å². The van der Waals surface area contributed by atoms with Crippen molar-refractivity contribution in [3.05, 3.63) is 75.2 Å². The molecule has 0 bridgehead atoms. The van der Waals surface area contributed by atoms with Crippen LogP contribution in [0.4, 0.5) is 5.69 Å². The molecule has 0 amide bonds. The molecule has 2 aromatic carbocycles. The predicted octanol–water partition coefficient (Wildman–Crippen LogP) is 6.59. The van der Waals surface area contributed by atoms with Gasteiger partial charge in [-0.3, -0.25) is 0 Å². The van der Waals surface area contributed by atoms with Crippen molar-refractivity contribution in [2.45, 2.75) is 25.3 Å². The van der Waals surface area contributed by atoms with E-state index in [1.165, 1.54) is 44.7 Å². The number of hydrogen-bond donors (Lipinski definition) is 2. The molecule has 5 heteroatoms. The molecule has 2 aromatic heterocycles. The normalized spacial score (nSPS) is 22.2.